The first-order chi connectivity index (χ1) is 10.3. The third kappa shape index (κ3) is 2.28. The number of amides is 1. The van der Waals surface area contributed by atoms with Crippen molar-refractivity contribution in [3.05, 3.63) is 39.3 Å². The van der Waals surface area contributed by atoms with Gasteiger partial charge in [0, 0.05) is 23.9 Å². The second kappa shape index (κ2) is 5.27. The molecule has 1 saturated heterocycles. The number of fused-ring (bicyclic) bond motifs is 1. The topological polar surface area (TPSA) is 58.2 Å². The number of carbonyl (C=O) groups excluding carboxylic acids is 1. The molecule has 0 aromatic carbocycles. The summed E-state index contributed by atoms with van der Waals surface area (Å²) >= 11 is 1.74. The van der Waals surface area contributed by atoms with Crippen LogP contribution in [0.1, 0.15) is 38.8 Å². The molecule has 2 aromatic heterocycles. The Morgan fingerprint density at radius 2 is 2.48 bits per heavy atom. The number of hydrogen-bond acceptors (Lipinski definition) is 4. The van der Waals surface area contributed by atoms with E-state index in [2.05, 4.69) is 21.6 Å². The monoisotopic (exact) mass is 303 g/mol. The van der Waals surface area contributed by atoms with Crippen LogP contribution in [-0.2, 0) is 17.7 Å². The largest absolute Gasteiger partial charge is 0.381 e. The van der Waals surface area contributed by atoms with Gasteiger partial charge in [-0.3, -0.25) is 9.89 Å². The van der Waals surface area contributed by atoms with E-state index < -0.39 is 0 Å². The first-order valence-electron chi connectivity index (χ1n) is 7.28. The van der Waals surface area contributed by atoms with Crippen LogP contribution in [0.3, 0.4) is 0 Å². The summed E-state index contributed by atoms with van der Waals surface area (Å²) in [6.45, 7) is 2.95. The average Bonchev–Trinajstić information content (AvgIpc) is 3.24. The van der Waals surface area contributed by atoms with E-state index in [9.17, 15) is 4.79 Å². The molecule has 6 heteroatoms. The average molecular weight is 303 g/mol. The maximum Gasteiger partial charge on any atom is 0.257 e. The van der Waals surface area contributed by atoms with Crippen LogP contribution in [0.4, 0.5) is 0 Å². The molecule has 0 bridgehead atoms. The Morgan fingerprint density at radius 1 is 1.52 bits per heavy atom. The molecule has 1 fully saturated rings. The van der Waals surface area contributed by atoms with Crippen molar-refractivity contribution < 1.29 is 9.53 Å². The smallest absolute Gasteiger partial charge is 0.257 e. The van der Waals surface area contributed by atoms with Gasteiger partial charge in [0.15, 0.2) is 0 Å². The van der Waals surface area contributed by atoms with E-state index >= 15 is 0 Å². The fourth-order valence-corrected chi connectivity index (χ4v) is 4.07. The number of nitrogens with one attached hydrogen (secondary N) is 1. The van der Waals surface area contributed by atoms with E-state index in [4.69, 9.17) is 4.74 Å². The number of ether oxygens (including phenoxy) is 1. The molecule has 1 N–H and O–H groups in total. The molecule has 21 heavy (non-hydrogen) atoms. The predicted molar refractivity (Wildman–Crippen MR) is 79.5 cm³/mol. The lowest BCUT2D eigenvalue weighted by molar-refractivity contribution is 0.0735. The van der Waals surface area contributed by atoms with Crippen LogP contribution in [0.15, 0.2) is 17.6 Å². The van der Waals surface area contributed by atoms with Crippen LogP contribution in [0.25, 0.3) is 0 Å². The van der Waals surface area contributed by atoms with Crippen molar-refractivity contribution in [1.29, 1.82) is 0 Å². The summed E-state index contributed by atoms with van der Waals surface area (Å²) in [5.74, 6) is 0.359. The zero-order valence-corrected chi connectivity index (χ0v) is 12.5. The molecule has 110 valence electrons. The van der Waals surface area contributed by atoms with Gasteiger partial charge >= 0.3 is 0 Å². The van der Waals surface area contributed by atoms with Gasteiger partial charge in [0.25, 0.3) is 5.91 Å². The molecule has 1 atom stereocenters. The highest BCUT2D eigenvalue weighted by Gasteiger charge is 2.29. The zero-order valence-electron chi connectivity index (χ0n) is 11.7. The fourth-order valence-electron chi connectivity index (χ4n) is 3.12. The minimum atomic E-state index is 0.0877. The third-order valence-corrected chi connectivity index (χ3v) is 5.30. The molecule has 5 nitrogen and oxygen atoms in total. The Labute approximate surface area is 126 Å². The Hall–Kier alpha value is -1.66. The van der Waals surface area contributed by atoms with Crippen LogP contribution in [0.5, 0.6) is 0 Å². The number of H-pyrrole nitrogens is 1. The van der Waals surface area contributed by atoms with E-state index in [0.29, 0.717) is 12.2 Å². The summed E-state index contributed by atoms with van der Waals surface area (Å²) in [6.07, 6.45) is 3.57. The predicted octanol–water partition coefficient (Wildman–Crippen LogP) is 2.17. The first kappa shape index (κ1) is 13.0. The number of thiophene rings is 1. The second-order valence-electron chi connectivity index (χ2n) is 5.60. The van der Waals surface area contributed by atoms with Crippen molar-refractivity contribution >= 4 is 17.2 Å². The van der Waals surface area contributed by atoms with Gasteiger partial charge in [-0.1, -0.05) is 0 Å². The number of aromatic amines is 1. The van der Waals surface area contributed by atoms with E-state index in [0.717, 1.165) is 38.2 Å². The van der Waals surface area contributed by atoms with Gasteiger partial charge in [0.1, 0.15) is 0 Å². The van der Waals surface area contributed by atoms with Gasteiger partial charge in [-0.15, -0.1) is 11.3 Å². The maximum absolute atomic E-state index is 12.8. The highest BCUT2D eigenvalue weighted by atomic mass is 32.1. The molecule has 2 aromatic rings. The van der Waals surface area contributed by atoms with Gasteiger partial charge in [0.05, 0.1) is 30.6 Å². The SMILES string of the molecule is O=C(c1cn[nH]c1[C@H]1CCOC1)N1CCc2ccsc2C1. The van der Waals surface area contributed by atoms with Gasteiger partial charge < -0.3 is 9.64 Å². The van der Waals surface area contributed by atoms with Crippen LogP contribution in [0, 0.1) is 0 Å². The minimum absolute atomic E-state index is 0.0877. The Kier molecular flexibility index (Phi) is 3.27. The Morgan fingerprint density at radius 3 is 3.33 bits per heavy atom. The number of rotatable bonds is 2. The Balaban J connectivity index is 1.57. The number of aromatic nitrogens is 2. The normalized spacial score (nSPS) is 21.5. The molecule has 1 amide bonds. The van der Waals surface area contributed by atoms with Crippen LogP contribution in [-0.4, -0.2) is 40.8 Å². The van der Waals surface area contributed by atoms with Crippen molar-refractivity contribution in [3.8, 4) is 0 Å². The second-order valence-corrected chi connectivity index (χ2v) is 6.60. The standard InChI is InChI=1S/C15H17N3O2S/c19-15(18-4-1-10-3-6-21-13(10)8-18)12-7-16-17-14(12)11-2-5-20-9-11/h3,6-7,11H,1-2,4-5,8-9H2,(H,16,17)/t11-/m0/s1. The summed E-state index contributed by atoms with van der Waals surface area (Å²) in [5.41, 5.74) is 3.04. The zero-order chi connectivity index (χ0) is 14.2. The maximum atomic E-state index is 12.8. The Bertz CT molecular complexity index is 657. The van der Waals surface area contributed by atoms with Gasteiger partial charge in [-0.05, 0) is 29.9 Å². The summed E-state index contributed by atoms with van der Waals surface area (Å²) in [5, 5.41) is 9.21. The van der Waals surface area contributed by atoms with Gasteiger partial charge in [0.2, 0.25) is 0 Å². The first-order valence-corrected chi connectivity index (χ1v) is 8.16. The molecule has 4 rings (SSSR count). The lowest BCUT2D eigenvalue weighted by Gasteiger charge is -2.27. The van der Waals surface area contributed by atoms with Crippen molar-refractivity contribution in [3.63, 3.8) is 0 Å². The molecular weight excluding hydrogens is 286 g/mol. The molecule has 0 unspecified atom stereocenters. The molecule has 0 saturated carbocycles. The molecule has 2 aliphatic heterocycles. The summed E-state index contributed by atoms with van der Waals surface area (Å²) in [6, 6.07) is 2.17. The lowest BCUT2D eigenvalue weighted by Crippen LogP contribution is -2.35. The van der Waals surface area contributed by atoms with Crippen LogP contribution < -0.4 is 0 Å². The molecular formula is C15H17N3O2S. The third-order valence-electron chi connectivity index (χ3n) is 4.35. The lowest BCUT2D eigenvalue weighted by atomic mass is 10.00. The van der Waals surface area contributed by atoms with E-state index in [1.165, 1.54) is 10.4 Å². The van der Waals surface area contributed by atoms with E-state index in [1.54, 1.807) is 17.5 Å². The van der Waals surface area contributed by atoms with E-state index in [-0.39, 0.29) is 11.8 Å². The van der Waals surface area contributed by atoms with Gasteiger partial charge in [-0.2, -0.15) is 5.10 Å². The van der Waals surface area contributed by atoms with Crippen LogP contribution in [0.2, 0.25) is 0 Å². The van der Waals surface area contributed by atoms with Crippen LogP contribution >= 0.6 is 11.3 Å². The quantitative estimate of drug-likeness (QED) is 0.925. The van der Waals surface area contributed by atoms with Crippen molar-refractivity contribution in [2.75, 3.05) is 19.8 Å². The molecule has 4 heterocycles. The van der Waals surface area contributed by atoms with Crippen molar-refractivity contribution in [2.45, 2.75) is 25.3 Å². The number of nitrogens with zero attached hydrogens (tertiary/aromatic N) is 2. The number of hydrogen-bond donors (Lipinski definition) is 1. The number of carbonyl (C=O) groups is 1. The molecule has 0 spiro atoms. The molecule has 0 radical (unpaired) electrons. The van der Waals surface area contributed by atoms with Crippen molar-refractivity contribution in [2.24, 2.45) is 0 Å². The van der Waals surface area contributed by atoms with E-state index in [1.807, 2.05) is 4.90 Å². The highest BCUT2D eigenvalue weighted by Crippen LogP contribution is 2.29. The molecule has 2 aliphatic rings. The summed E-state index contributed by atoms with van der Waals surface area (Å²) in [4.78, 5) is 16.0. The fraction of sp³-hybridized carbons (Fsp3) is 0.467. The molecule has 0 aliphatic carbocycles. The van der Waals surface area contributed by atoms with Gasteiger partial charge in [-0.25, -0.2) is 0 Å². The van der Waals surface area contributed by atoms with Crippen molar-refractivity contribution in [1.82, 2.24) is 15.1 Å². The minimum Gasteiger partial charge on any atom is -0.381 e. The highest BCUT2D eigenvalue weighted by molar-refractivity contribution is 7.10. The summed E-state index contributed by atoms with van der Waals surface area (Å²) in [7, 11) is 0. The summed E-state index contributed by atoms with van der Waals surface area (Å²) < 4.78 is 5.43.